The van der Waals surface area contributed by atoms with E-state index >= 15 is 0 Å². The molecular formula is C14H21N3O2. The largest absolute Gasteiger partial charge is 0.436 e. The molecule has 0 aromatic carbocycles. The van der Waals surface area contributed by atoms with Gasteiger partial charge in [0.2, 0.25) is 5.76 Å². The lowest BCUT2D eigenvalue weighted by atomic mass is 9.78. The number of nitrogens with zero attached hydrogens (tertiary/aromatic N) is 2. The summed E-state index contributed by atoms with van der Waals surface area (Å²) >= 11 is 0. The molecule has 1 aromatic rings. The molecule has 3 heterocycles. The van der Waals surface area contributed by atoms with E-state index in [2.05, 4.69) is 10.3 Å². The van der Waals surface area contributed by atoms with Crippen molar-refractivity contribution >= 4 is 5.91 Å². The highest BCUT2D eigenvalue weighted by Gasteiger charge is 2.38. The van der Waals surface area contributed by atoms with Crippen LogP contribution in [0.5, 0.6) is 0 Å². The molecule has 2 fully saturated rings. The fraction of sp³-hybridized carbons (Fsp3) is 0.714. The second-order valence-electron chi connectivity index (χ2n) is 5.87. The number of likely N-dealkylation sites (tertiary alicyclic amines) is 1. The van der Waals surface area contributed by atoms with Crippen molar-refractivity contribution in [1.82, 2.24) is 15.2 Å². The molecule has 0 aliphatic carbocycles. The zero-order valence-electron chi connectivity index (χ0n) is 11.7. The minimum absolute atomic E-state index is 0.00101. The summed E-state index contributed by atoms with van der Waals surface area (Å²) in [5, 5.41) is 3.44. The summed E-state index contributed by atoms with van der Waals surface area (Å²) in [6.07, 6.45) is 3.44. The van der Waals surface area contributed by atoms with Crippen molar-refractivity contribution in [2.75, 3.05) is 26.2 Å². The molecule has 0 saturated carbocycles. The maximum atomic E-state index is 12.4. The molecule has 5 heteroatoms. The van der Waals surface area contributed by atoms with Crippen molar-refractivity contribution in [3.05, 3.63) is 17.3 Å². The Morgan fingerprint density at radius 2 is 2.05 bits per heavy atom. The predicted octanol–water partition coefficient (Wildman–Crippen LogP) is 1.51. The highest BCUT2D eigenvalue weighted by Crippen LogP contribution is 2.37. The fourth-order valence-electron chi connectivity index (χ4n) is 3.28. The number of oxazole rings is 1. The number of aryl methyl sites for hydroxylation is 2. The normalized spacial score (nSPS) is 22.1. The van der Waals surface area contributed by atoms with Gasteiger partial charge in [-0.05, 0) is 38.1 Å². The Balaban J connectivity index is 1.68. The number of carbonyl (C=O) groups is 1. The van der Waals surface area contributed by atoms with Crippen molar-refractivity contribution in [2.45, 2.75) is 33.1 Å². The number of nitrogens with one attached hydrogen (secondary N) is 1. The Labute approximate surface area is 113 Å². The first-order valence-corrected chi connectivity index (χ1v) is 7.04. The van der Waals surface area contributed by atoms with E-state index in [0.29, 0.717) is 22.8 Å². The summed E-state index contributed by atoms with van der Waals surface area (Å²) in [5.74, 6) is 0.978. The first-order valence-electron chi connectivity index (χ1n) is 7.04. The van der Waals surface area contributed by atoms with Gasteiger partial charge in [-0.15, -0.1) is 0 Å². The van der Waals surface area contributed by atoms with Crippen LogP contribution in [0.25, 0.3) is 0 Å². The average molecular weight is 263 g/mol. The van der Waals surface area contributed by atoms with Crippen LogP contribution in [0.1, 0.15) is 41.4 Å². The zero-order chi connectivity index (χ0) is 13.5. The van der Waals surface area contributed by atoms with Crippen LogP contribution < -0.4 is 5.32 Å². The number of piperidine rings is 1. The number of aromatic nitrogens is 1. The third-order valence-corrected chi connectivity index (χ3v) is 4.54. The second-order valence-corrected chi connectivity index (χ2v) is 5.87. The zero-order valence-corrected chi connectivity index (χ0v) is 11.7. The van der Waals surface area contributed by atoms with E-state index in [-0.39, 0.29) is 5.91 Å². The van der Waals surface area contributed by atoms with E-state index in [4.69, 9.17) is 4.42 Å². The summed E-state index contributed by atoms with van der Waals surface area (Å²) in [6.45, 7) is 7.50. The van der Waals surface area contributed by atoms with Gasteiger partial charge in [-0.2, -0.15) is 0 Å². The first kappa shape index (κ1) is 12.7. The van der Waals surface area contributed by atoms with Crippen LogP contribution >= 0.6 is 0 Å². The maximum absolute atomic E-state index is 12.4. The smallest absolute Gasteiger partial charge is 0.291 e. The molecule has 2 aliphatic heterocycles. The van der Waals surface area contributed by atoms with Crippen LogP contribution in [0.3, 0.4) is 0 Å². The Hall–Kier alpha value is -1.36. The second kappa shape index (κ2) is 4.63. The Morgan fingerprint density at radius 3 is 2.58 bits per heavy atom. The lowest BCUT2D eigenvalue weighted by Crippen LogP contribution is -2.44. The van der Waals surface area contributed by atoms with Crippen LogP contribution in [0, 0.1) is 19.3 Å². The van der Waals surface area contributed by atoms with Crippen molar-refractivity contribution in [3.8, 4) is 0 Å². The number of rotatable bonds is 1. The van der Waals surface area contributed by atoms with E-state index < -0.39 is 0 Å². The molecule has 0 unspecified atom stereocenters. The summed E-state index contributed by atoms with van der Waals surface area (Å²) in [4.78, 5) is 18.5. The van der Waals surface area contributed by atoms with Gasteiger partial charge < -0.3 is 14.6 Å². The van der Waals surface area contributed by atoms with Crippen molar-refractivity contribution in [3.63, 3.8) is 0 Å². The average Bonchev–Trinajstić information content (AvgIpc) is 2.97. The lowest BCUT2D eigenvalue weighted by molar-refractivity contribution is 0.0575. The number of hydrogen-bond donors (Lipinski definition) is 1. The molecule has 3 rings (SSSR count). The van der Waals surface area contributed by atoms with E-state index in [1.54, 1.807) is 6.92 Å². The highest BCUT2D eigenvalue weighted by molar-refractivity contribution is 5.92. The molecule has 1 spiro atoms. The number of hydrogen-bond acceptors (Lipinski definition) is 4. The minimum atomic E-state index is -0.00101. The summed E-state index contributed by atoms with van der Waals surface area (Å²) < 4.78 is 5.43. The Kier molecular flexibility index (Phi) is 3.09. The van der Waals surface area contributed by atoms with Gasteiger partial charge in [0.05, 0.1) is 5.69 Å². The summed E-state index contributed by atoms with van der Waals surface area (Å²) in [7, 11) is 0. The SMILES string of the molecule is Cc1nc(C)c(C(=O)N2CCC3(CCNC3)CC2)o1. The van der Waals surface area contributed by atoms with E-state index in [9.17, 15) is 4.79 Å². The topological polar surface area (TPSA) is 58.4 Å². The Morgan fingerprint density at radius 1 is 1.32 bits per heavy atom. The minimum Gasteiger partial charge on any atom is -0.436 e. The molecule has 1 N–H and O–H groups in total. The highest BCUT2D eigenvalue weighted by atomic mass is 16.4. The molecule has 5 nitrogen and oxygen atoms in total. The van der Waals surface area contributed by atoms with Crippen LogP contribution in [0.4, 0.5) is 0 Å². The quantitative estimate of drug-likeness (QED) is 0.834. The molecular weight excluding hydrogens is 242 g/mol. The fourth-order valence-corrected chi connectivity index (χ4v) is 3.28. The van der Waals surface area contributed by atoms with Crippen LogP contribution in [-0.2, 0) is 0 Å². The molecule has 0 atom stereocenters. The molecule has 0 radical (unpaired) electrons. The van der Waals surface area contributed by atoms with Gasteiger partial charge in [-0.25, -0.2) is 4.98 Å². The summed E-state index contributed by atoms with van der Waals surface area (Å²) in [5.41, 5.74) is 1.13. The van der Waals surface area contributed by atoms with E-state index in [1.807, 2.05) is 11.8 Å². The third-order valence-electron chi connectivity index (χ3n) is 4.54. The van der Waals surface area contributed by atoms with Gasteiger partial charge in [0.25, 0.3) is 5.91 Å². The van der Waals surface area contributed by atoms with Gasteiger partial charge in [0.15, 0.2) is 5.89 Å². The third kappa shape index (κ3) is 2.27. The van der Waals surface area contributed by atoms with Crippen molar-refractivity contribution in [1.29, 1.82) is 0 Å². The standard InChI is InChI=1S/C14H21N3O2/c1-10-12(19-11(2)16-10)13(18)17-7-4-14(5-8-17)3-6-15-9-14/h15H,3-9H2,1-2H3. The summed E-state index contributed by atoms with van der Waals surface area (Å²) in [6, 6.07) is 0. The van der Waals surface area contributed by atoms with E-state index in [1.165, 1.54) is 6.42 Å². The molecule has 0 bridgehead atoms. The van der Waals surface area contributed by atoms with Crippen molar-refractivity contribution in [2.24, 2.45) is 5.41 Å². The van der Waals surface area contributed by atoms with Crippen molar-refractivity contribution < 1.29 is 9.21 Å². The molecule has 19 heavy (non-hydrogen) atoms. The van der Waals surface area contributed by atoms with Gasteiger partial charge in [0, 0.05) is 26.6 Å². The molecule has 1 aromatic heterocycles. The molecule has 104 valence electrons. The lowest BCUT2D eigenvalue weighted by Gasteiger charge is -2.38. The monoisotopic (exact) mass is 263 g/mol. The molecule has 2 aliphatic rings. The number of amides is 1. The van der Waals surface area contributed by atoms with Gasteiger partial charge in [0.1, 0.15) is 0 Å². The number of carbonyl (C=O) groups excluding carboxylic acids is 1. The van der Waals surface area contributed by atoms with Gasteiger partial charge in [-0.1, -0.05) is 0 Å². The Bertz CT molecular complexity index is 479. The van der Waals surface area contributed by atoms with Crippen LogP contribution in [0.2, 0.25) is 0 Å². The van der Waals surface area contributed by atoms with Gasteiger partial charge >= 0.3 is 0 Å². The predicted molar refractivity (Wildman–Crippen MR) is 71.0 cm³/mol. The first-order chi connectivity index (χ1) is 9.10. The van der Waals surface area contributed by atoms with Crippen LogP contribution in [-0.4, -0.2) is 42.0 Å². The van der Waals surface area contributed by atoms with Crippen LogP contribution in [0.15, 0.2) is 4.42 Å². The van der Waals surface area contributed by atoms with Gasteiger partial charge in [-0.3, -0.25) is 4.79 Å². The van der Waals surface area contributed by atoms with E-state index in [0.717, 1.165) is 39.0 Å². The molecule has 1 amide bonds. The molecule has 2 saturated heterocycles. The maximum Gasteiger partial charge on any atom is 0.291 e.